The Morgan fingerprint density at radius 2 is 1.86 bits per heavy atom. The number of nitrogens with zero attached hydrogens (tertiary/aromatic N) is 4. The van der Waals surface area contributed by atoms with E-state index in [1.54, 1.807) is 30.8 Å². The van der Waals surface area contributed by atoms with Crippen LogP contribution in [0.4, 0.5) is 5.82 Å². The van der Waals surface area contributed by atoms with Crippen LogP contribution in [-0.4, -0.2) is 24.8 Å². The van der Waals surface area contributed by atoms with Crippen molar-refractivity contribution in [3.8, 4) is 11.1 Å². The summed E-state index contributed by atoms with van der Waals surface area (Å²) in [5.74, 6) is 0.359. The molecule has 3 aromatic heterocycles. The van der Waals surface area contributed by atoms with Crippen molar-refractivity contribution in [3.63, 3.8) is 0 Å². The summed E-state index contributed by atoms with van der Waals surface area (Å²) in [6, 6.07) is 11.0. The molecule has 0 atom stereocenters. The van der Waals surface area contributed by atoms with Gasteiger partial charge in [0, 0.05) is 31.9 Å². The van der Waals surface area contributed by atoms with Crippen molar-refractivity contribution >= 4 is 22.8 Å². The van der Waals surface area contributed by atoms with E-state index in [2.05, 4.69) is 10.5 Å². The molecular formula is C20H19N5O4. The van der Waals surface area contributed by atoms with Crippen LogP contribution in [0.3, 0.4) is 0 Å². The first kappa shape index (κ1) is 18.5. The molecule has 148 valence electrons. The van der Waals surface area contributed by atoms with Crippen molar-refractivity contribution in [1.29, 1.82) is 0 Å². The standard InChI is InChI=1S/C20H19N5O4/c1-12-9-15(22-29-12)21-16(26)11-25-17-14(13-7-5-4-6-8-13)10-23(2)18(17)19(27)24(3)20(25)28/h4-10H,11H2,1-3H3,(H,21,22,26). The van der Waals surface area contributed by atoms with Crippen LogP contribution < -0.4 is 16.6 Å². The molecule has 0 bridgehead atoms. The lowest BCUT2D eigenvalue weighted by Crippen LogP contribution is -2.40. The monoisotopic (exact) mass is 393 g/mol. The van der Waals surface area contributed by atoms with Gasteiger partial charge in [-0.2, -0.15) is 0 Å². The van der Waals surface area contributed by atoms with Gasteiger partial charge >= 0.3 is 5.69 Å². The van der Waals surface area contributed by atoms with E-state index in [9.17, 15) is 14.4 Å². The number of amides is 1. The molecule has 1 N–H and O–H groups in total. The maximum absolute atomic E-state index is 12.9. The van der Waals surface area contributed by atoms with Gasteiger partial charge in [-0.05, 0) is 12.5 Å². The molecule has 0 aliphatic rings. The predicted octanol–water partition coefficient (Wildman–Crippen LogP) is 1.64. The molecule has 9 heteroatoms. The number of hydrogen-bond acceptors (Lipinski definition) is 5. The SMILES string of the molecule is Cc1cc(NC(=O)Cn2c(=O)n(C)c(=O)c3c2c(-c2ccccc2)cn3C)no1. The highest BCUT2D eigenvalue weighted by molar-refractivity contribution is 5.95. The minimum Gasteiger partial charge on any atom is -0.360 e. The summed E-state index contributed by atoms with van der Waals surface area (Å²) in [5.41, 5.74) is 1.31. The highest BCUT2D eigenvalue weighted by Crippen LogP contribution is 2.27. The third-order valence-electron chi connectivity index (χ3n) is 4.73. The molecule has 1 aromatic carbocycles. The van der Waals surface area contributed by atoms with Gasteiger partial charge < -0.3 is 14.4 Å². The molecule has 1 amide bonds. The van der Waals surface area contributed by atoms with Gasteiger partial charge in [-0.1, -0.05) is 35.5 Å². The summed E-state index contributed by atoms with van der Waals surface area (Å²) < 4.78 is 8.93. The van der Waals surface area contributed by atoms with E-state index in [1.807, 2.05) is 30.3 Å². The zero-order valence-electron chi connectivity index (χ0n) is 16.2. The Morgan fingerprint density at radius 1 is 1.14 bits per heavy atom. The molecular weight excluding hydrogens is 374 g/mol. The molecule has 0 unspecified atom stereocenters. The largest absolute Gasteiger partial charge is 0.360 e. The molecule has 0 fully saturated rings. The number of benzene rings is 1. The smallest absolute Gasteiger partial charge is 0.331 e. The van der Waals surface area contributed by atoms with Gasteiger partial charge in [0.1, 0.15) is 17.8 Å². The minimum absolute atomic E-state index is 0.262. The van der Waals surface area contributed by atoms with Crippen LogP contribution in [0.1, 0.15) is 5.76 Å². The lowest BCUT2D eigenvalue weighted by molar-refractivity contribution is -0.116. The Labute approximate surface area is 164 Å². The van der Waals surface area contributed by atoms with Gasteiger partial charge in [-0.3, -0.25) is 18.7 Å². The molecule has 3 heterocycles. The Bertz CT molecular complexity index is 1340. The Hall–Kier alpha value is -3.88. The first-order chi connectivity index (χ1) is 13.9. The van der Waals surface area contributed by atoms with Crippen molar-refractivity contribution in [2.24, 2.45) is 14.1 Å². The minimum atomic E-state index is -0.572. The zero-order chi connectivity index (χ0) is 20.7. The van der Waals surface area contributed by atoms with Crippen LogP contribution in [0.15, 0.2) is 56.7 Å². The van der Waals surface area contributed by atoms with Crippen molar-refractivity contribution in [3.05, 3.63) is 69.2 Å². The maximum atomic E-state index is 12.9. The fraction of sp³-hybridized carbons (Fsp3) is 0.200. The number of rotatable bonds is 4. The predicted molar refractivity (Wildman–Crippen MR) is 108 cm³/mol. The number of carbonyl (C=O) groups is 1. The summed E-state index contributed by atoms with van der Waals surface area (Å²) >= 11 is 0. The number of nitrogens with one attached hydrogen (secondary N) is 1. The summed E-state index contributed by atoms with van der Waals surface area (Å²) in [5, 5.41) is 6.33. The lowest BCUT2D eigenvalue weighted by Gasteiger charge is -2.11. The van der Waals surface area contributed by atoms with Crippen molar-refractivity contribution < 1.29 is 9.32 Å². The van der Waals surface area contributed by atoms with Crippen LogP contribution in [0.2, 0.25) is 0 Å². The topological polar surface area (TPSA) is 104 Å². The second kappa shape index (κ2) is 6.93. The highest BCUT2D eigenvalue weighted by atomic mass is 16.5. The molecule has 9 nitrogen and oxygen atoms in total. The molecule has 4 aromatic rings. The fourth-order valence-electron chi connectivity index (χ4n) is 3.39. The first-order valence-electron chi connectivity index (χ1n) is 8.94. The average Bonchev–Trinajstić information content (AvgIpc) is 3.27. The summed E-state index contributed by atoms with van der Waals surface area (Å²) in [6.45, 7) is 1.43. The van der Waals surface area contributed by atoms with Crippen LogP contribution in [0, 0.1) is 6.92 Å². The van der Waals surface area contributed by atoms with Crippen LogP contribution in [0.5, 0.6) is 0 Å². The number of hydrogen-bond donors (Lipinski definition) is 1. The van der Waals surface area contributed by atoms with Crippen molar-refractivity contribution in [2.75, 3.05) is 5.32 Å². The molecule has 0 spiro atoms. The number of anilines is 1. The van der Waals surface area contributed by atoms with Gasteiger partial charge in [-0.15, -0.1) is 0 Å². The average molecular weight is 393 g/mol. The van der Waals surface area contributed by atoms with Gasteiger partial charge in [0.05, 0.1) is 5.52 Å². The Morgan fingerprint density at radius 3 is 2.52 bits per heavy atom. The third-order valence-corrected chi connectivity index (χ3v) is 4.73. The van der Waals surface area contributed by atoms with E-state index in [0.29, 0.717) is 22.4 Å². The number of fused-ring (bicyclic) bond motifs is 1. The fourth-order valence-corrected chi connectivity index (χ4v) is 3.39. The molecule has 4 rings (SSSR count). The van der Waals surface area contributed by atoms with Gasteiger partial charge in [0.2, 0.25) is 5.91 Å². The molecule has 0 aliphatic heterocycles. The second-order valence-corrected chi connectivity index (χ2v) is 6.82. The highest BCUT2D eigenvalue weighted by Gasteiger charge is 2.21. The summed E-state index contributed by atoms with van der Waals surface area (Å²) in [6.07, 6.45) is 1.79. The zero-order valence-corrected chi connectivity index (χ0v) is 16.2. The van der Waals surface area contributed by atoms with Crippen molar-refractivity contribution in [2.45, 2.75) is 13.5 Å². The number of aryl methyl sites for hydroxylation is 2. The number of carbonyl (C=O) groups excluding carboxylic acids is 1. The number of aromatic nitrogens is 4. The maximum Gasteiger partial charge on any atom is 0.331 e. The van der Waals surface area contributed by atoms with Gasteiger partial charge in [0.15, 0.2) is 5.82 Å². The molecule has 29 heavy (non-hydrogen) atoms. The van der Waals surface area contributed by atoms with E-state index in [0.717, 1.165) is 10.1 Å². The van der Waals surface area contributed by atoms with E-state index in [1.165, 1.54) is 11.6 Å². The molecule has 0 radical (unpaired) electrons. The summed E-state index contributed by atoms with van der Waals surface area (Å²) in [4.78, 5) is 38.2. The van der Waals surface area contributed by atoms with Crippen LogP contribution in [-0.2, 0) is 25.4 Å². The Kier molecular flexibility index (Phi) is 4.42. The summed E-state index contributed by atoms with van der Waals surface area (Å²) in [7, 11) is 3.14. The van der Waals surface area contributed by atoms with Crippen molar-refractivity contribution in [1.82, 2.24) is 18.9 Å². The molecule has 0 saturated heterocycles. The normalized spacial score (nSPS) is 11.1. The van der Waals surface area contributed by atoms with Crippen LogP contribution >= 0.6 is 0 Å². The first-order valence-corrected chi connectivity index (χ1v) is 8.94. The van der Waals surface area contributed by atoms with Gasteiger partial charge in [-0.25, -0.2) is 4.79 Å². The van der Waals surface area contributed by atoms with Crippen LogP contribution in [0.25, 0.3) is 22.2 Å². The molecule has 0 aliphatic carbocycles. The van der Waals surface area contributed by atoms with E-state index in [4.69, 9.17) is 4.52 Å². The van der Waals surface area contributed by atoms with Gasteiger partial charge in [0.25, 0.3) is 5.56 Å². The van der Waals surface area contributed by atoms with E-state index >= 15 is 0 Å². The molecule has 0 saturated carbocycles. The van der Waals surface area contributed by atoms with E-state index in [-0.39, 0.29) is 12.4 Å². The van der Waals surface area contributed by atoms with E-state index < -0.39 is 17.2 Å². The second-order valence-electron chi connectivity index (χ2n) is 6.82. The Balaban J connectivity index is 1.89. The lowest BCUT2D eigenvalue weighted by atomic mass is 10.1. The quantitative estimate of drug-likeness (QED) is 0.568. The third kappa shape index (κ3) is 3.16.